The largest absolute Gasteiger partial charge is 0.472 e. The number of nitrogens with one attached hydrogen (secondary N) is 1. The van der Waals surface area contributed by atoms with Crippen molar-refractivity contribution in [3.8, 4) is 0 Å². The van der Waals surface area contributed by atoms with Gasteiger partial charge in [-0.25, -0.2) is 4.57 Å². The number of phosphoric acid groups is 1. The highest BCUT2D eigenvalue weighted by Crippen LogP contribution is 2.43. The van der Waals surface area contributed by atoms with Gasteiger partial charge < -0.3 is 19.8 Å². The zero-order valence-corrected chi connectivity index (χ0v) is 53.2. The second kappa shape index (κ2) is 60.2. The molecule has 0 aliphatic carbocycles. The molecule has 1 amide bonds. The van der Waals surface area contributed by atoms with Crippen LogP contribution in [0.3, 0.4) is 0 Å². The molecule has 3 unspecified atom stereocenters. The summed E-state index contributed by atoms with van der Waals surface area (Å²) in [6.07, 6.45) is 91.6. The third kappa shape index (κ3) is 62.2. The summed E-state index contributed by atoms with van der Waals surface area (Å²) in [6, 6.07) is -0.877. The molecule has 0 aromatic rings. The Hall–Kier alpha value is -3.36. The van der Waals surface area contributed by atoms with Gasteiger partial charge in [0.25, 0.3) is 0 Å². The van der Waals surface area contributed by atoms with Crippen LogP contribution in [0, 0.1) is 0 Å². The Morgan fingerprint density at radius 3 is 1.15 bits per heavy atom. The van der Waals surface area contributed by atoms with Crippen molar-refractivity contribution in [3.63, 3.8) is 0 Å². The fraction of sp³-hybridized carbons (Fsp3) is 0.676. The van der Waals surface area contributed by atoms with Gasteiger partial charge in [-0.05, 0) is 109 Å². The lowest BCUT2D eigenvalue weighted by molar-refractivity contribution is -0.870. The van der Waals surface area contributed by atoms with E-state index < -0.39 is 20.0 Å². The number of likely N-dealkylation sites (N-methyl/N-ethyl adjacent to an activating group) is 1. The molecule has 0 rings (SSSR count). The van der Waals surface area contributed by atoms with Crippen molar-refractivity contribution in [3.05, 3.63) is 134 Å². The highest BCUT2D eigenvalue weighted by molar-refractivity contribution is 7.47. The molecule has 0 fully saturated rings. The van der Waals surface area contributed by atoms with Crippen molar-refractivity contribution < 1.29 is 32.9 Å². The summed E-state index contributed by atoms with van der Waals surface area (Å²) in [4.78, 5) is 23.3. The van der Waals surface area contributed by atoms with Crippen LogP contribution in [0.1, 0.15) is 258 Å². The summed E-state index contributed by atoms with van der Waals surface area (Å²) in [6.45, 7) is 4.66. The van der Waals surface area contributed by atoms with Crippen LogP contribution in [0.15, 0.2) is 134 Å². The van der Waals surface area contributed by atoms with E-state index in [1.165, 1.54) is 141 Å². The number of aliphatic hydroxyl groups excluding tert-OH is 1. The van der Waals surface area contributed by atoms with E-state index in [1.54, 1.807) is 6.08 Å². The monoisotopic (exact) mass is 1130 g/mol. The van der Waals surface area contributed by atoms with Crippen LogP contribution in [-0.2, 0) is 18.4 Å². The predicted molar refractivity (Wildman–Crippen MR) is 350 cm³/mol. The molecule has 0 aromatic carbocycles. The van der Waals surface area contributed by atoms with Gasteiger partial charge in [0, 0.05) is 6.42 Å². The lowest BCUT2D eigenvalue weighted by Crippen LogP contribution is -2.45. The van der Waals surface area contributed by atoms with Gasteiger partial charge >= 0.3 is 7.82 Å². The maximum atomic E-state index is 13.0. The van der Waals surface area contributed by atoms with E-state index in [0.29, 0.717) is 17.4 Å². The van der Waals surface area contributed by atoms with E-state index in [1.807, 2.05) is 27.2 Å². The molecule has 9 heteroatoms. The van der Waals surface area contributed by atoms with E-state index in [4.69, 9.17) is 9.05 Å². The van der Waals surface area contributed by atoms with Gasteiger partial charge in [-0.1, -0.05) is 276 Å². The minimum absolute atomic E-state index is 0.0490. The average molecular weight is 1130 g/mol. The van der Waals surface area contributed by atoms with E-state index in [-0.39, 0.29) is 19.1 Å². The molecule has 8 nitrogen and oxygen atoms in total. The molecule has 0 heterocycles. The first-order valence-corrected chi connectivity index (χ1v) is 34.1. The Kier molecular flexibility index (Phi) is 57.7. The van der Waals surface area contributed by atoms with Gasteiger partial charge in [-0.2, -0.15) is 0 Å². The van der Waals surface area contributed by atoms with Crippen LogP contribution in [-0.4, -0.2) is 73.4 Å². The van der Waals surface area contributed by atoms with E-state index in [2.05, 4.69) is 141 Å². The fourth-order valence-corrected chi connectivity index (χ4v) is 9.53. The number of hydrogen-bond donors (Lipinski definition) is 3. The van der Waals surface area contributed by atoms with Crippen molar-refractivity contribution in [1.29, 1.82) is 0 Å². The average Bonchev–Trinajstić information content (AvgIpc) is 3.42. The zero-order chi connectivity index (χ0) is 58.4. The van der Waals surface area contributed by atoms with Crippen LogP contribution in [0.2, 0.25) is 0 Å². The number of hydrogen-bond acceptors (Lipinski definition) is 5. The lowest BCUT2D eigenvalue weighted by Gasteiger charge is -2.25. The zero-order valence-electron chi connectivity index (χ0n) is 52.3. The second-order valence-corrected chi connectivity index (χ2v) is 24.2. The lowest BCUT2D eigenvalue weighted by atomic mass is 10.0. The predicted octanol–water partition coefficient (Wildman–Crippen LogP) is 20.7. The third-order valence-electron chi connectivity index (χ3n) is 13.8. The number of carbonyl (C=O) groups excluding carboxylic acids is 1. The van der Waals surface area contributed by atoms with E-state index >= 15 is 0 Å². The number of nitrogens with zero attached hydrogens (tertiary/aromatic N) is 1. The van der Waals surface area contributed by atoms with Crippen molar-refractivity contribution >= 4 is 13.7 Å². The molecule has 0 aromatic heterocycles. The summed E-state index contributed by atoms with van der Waals surface area (Å²) < 4.78 is 23.7. The highest BCUT2D eigenvalue weighted by Gasteiger charge is 2.27. The van der Waals surface area contributed by atoms with Gasteiger partial charge in [-0.3, -0.25) is 13.8 Å². The molecule has 458 valence electrons. The summed E-state index contributed by atoms with van der Waals surface area (Å²) in [5, 5.41) is 13.9. The molecule has 0 aliphatic heterocycles. The first-order chi connectivity index (χ1) is 39.0. The first kappa shape index (κ1) is 76.6. The van der Waals surface area contributed by atoms with E-state index in [0.717, 1.165) is 96.3 Å². The third-order valence-corrected chi connectivity index (χ3v) is 14.8. The molecule has 0 spiro atoms. The molecule has 0 bridgehead atoms. The number of amides is 1. The van der Waals surface area contributed by atoms with Crippen LogP contribution in [0.25, 0.3) is 0 Å². The maximum Gasteiger partial charge on any atom is 0.472 e. The number of aliphatic hydroxyl groups is 1. The Morgan fingerprint density at radius 2 is 0.762 bits per heavy atom. The summed E-state index contributed by atoms with van der Waals surface area (Å²) >= 11 is 0. The number of quaternary nitrogens is 1. The SMILES string of the molecule is CC/C=C\C/C=C\C/C=C\C/C=C\C/C=C\C/C=C\C/C=C\C/C=C\CCCCCCCCCCCCCCCCCCC(=O)NC(COP(=O)(O)OCC[N+](C)(C)C)C(O)/C=C/CC/C=C/CC/C=C/CCCCCCCCC. The summed E-state index contributed by atoms with van der Waals surface area (Å²) in [5.41, 5.74) is 0. The maximum absolute atomic E-state index is 13.0. The number of rotatable bonds is 58. The number of carbonyl (C=O) groups is 1. The Labute approximate surface area is 494 Å². The Bertz CT molecular complexity index is 1760. The van der Waals surface area contributed by atoms with Crippen molar-refractivity contribution in [1.82, 2.24) is 5.32 Å². The molecular formula is C71H124N2O6P+. The number of allylic oxidation sites excluding steroid dienone is 21. The van der Waals surface area contributed by atoms with Crippen LogP contribution >= 0.6 is 7.82 Å². The molecule has 80 heavy (non-hydrogen) atoms. The molecule has 0 saturated carbocycles. The van der Waals surface area contributed by atoms with Crippen LogP contribution < -0.4 is 5.32 Å². The number of phosphoric ester groups is 1. The molecule has 3 N–H and O–H groups in total. The van der Waals surface area contributed by atoms with Crippen molar-refractivity contribution in [2.45, 2.75) is 270 Å². The van der Waals surface area contributed by atoms with Gasteiger partial charge in [0.15, 0.2) is 0 Å². The fourth-order valence-electron chi connectivity index (χ4n) is 8.80. The topological polar surface area (TPSA) is 105 Å². The van der Waals surface area contributed by atoms with Gasteiger partial charge in [0.1, 0.15) is 13.2 Å². The Morgan fingerprint density at radius 1 is 0.438 bits per heavy atom. The molecule has 0 saturated heterocycles. The molecule has 3 atom stereocenters. The van der Waals surface area contributed by atoms with Gasteiger partial charge in [0.05, 0.1) is 39.9 Å². The van der Waals surface area contributed by atoms with Gasteiger partial charge in [-0.15, -0.1) is 0 Å². The summed E-state index contributed by atoms with van der Waals surface area (Å²) in [5.74, 6) is -0.194. The minimum Gasteiger partial charge on any atom is -0.387 e. The molecule has 0 radical (unpaired) electrons. The van der Waals surface area contributed by atoms with Crippen LogP contribution in [0.5, 0.6) is 0 Å². The first-order valence-electron chi connectivity index (χ1n) is 32.6. The quantitative estimate of drug-likeness (QED) is 0.0243. The summed E-state index contributed by atoms with van der Waals surface area (Å²) in [7, 11) is 1.54. The minimum atomic E-state index is -4.37. The van der Waals surface area contributed by atoms with Gasteiger partial charge in [0.2, 0.25) is 5.91 Å². The number of unbranched alkanes of at least 4 members (excludes halogenated alkanes) is 25. The second-order valence-electron chi connectivity index (χ2n) is 22.7. The smallest absolute Gasteiger partial charge is 0.387 e. The Balaban J connectivity index is 4.06. The highest BCUT2D eigenvalue weighted by atomic mass is 31.2. The standard InChI is InChI=1S/C71H123N2O6P/c1-6-8-10-12-14-16-18-20-22-24-25-26-27-28-29-30-31-32-33-34-35-36-37-38-39-40-41-42-43-44-45-46-47-49-51-53-55-57-59-61-63-65-71(75)72-69(68-79-80(76,77)78-67-66-73(3,4)5)70(74)64-62-60-58-56-54-52-50-48-23-21-19-17-15-13-11-9-7-2/h8,10,14,16,20,22-23,25-26,28-29,31-32,34-35,37-38,48,54,56,62,64,69-70,74H,6-7,9,11-13,15,17-19,21,24,27,30,33,36,39-47,49-53,55,57-61,63,65-68H2,1-5H3,(H-,72,75,76,77)/p+1/b10-8-,16-14-,22-20-,26-25-,29-28-,32-31-,35-34-,38-37-,48-23+,56-54+,64-62+. The molecule has 0 aliphatic rings. The van der Waals surface area contributed by atoms with E-state index in [9.17, 15) is 19.4 Å². The molecular weight excluding hydrogens is 1010 g/mol. The van der Waals surface area contributed by atoms with Crippen LogP contribution in [0.4, 0.5) is 0 Å². The van der Waals surface area contributed by atoms with Crippen molar-refractivity contribution in [2.75, 3.05) is 40.9 Å². The van der Waals surface area contributed by atoms with Crippen molar-refractivity contribution in [2.24, 2.45) is 0 Å². The normalized spacial score (nSPS) is 14.6.